The summed E-state index contributed by atoms with van der Waals surface area (Å²) in [5.41, 5.74) is 5.55. The topological polar surface area (TPSA) is 89.7 Å². The van der Waals surface area contributed by atoms with Crippen LogP contribution in [-0.2, 0) is 19.1 Å². The van der Waals surface area contributed by atoms with Crippen LogP contribution in [0.4, 0.5) is 0 Å². The molecule has 1 saturated heterocycles. The number of likely N-dealkylation sites (tertiary alicyclic amines) is 1. The Hall–Kier alpha value is -1.43. The Morgan fingerprint density at radius 1 is 1.40 bits per heavy atom. The second-order valence-electron chi connectivity index (χ2n) is 3.45. The average Bonchev–Trinajstić information content (AvgIpc) is 2.55. The number of hydrogen-bond donors (Lipinski definition) is 1. The van der Waals surface area contributed by atoms with Crippen molar-refractivity contribution in [3.63, 3.8) is 0 Å². The SMILES string of the molecule is COC(=O)[C@@H](N)[C@@H](C)N1C(=O)CCC1=O. The van der Waals surface area contributed by atoms with E-state index in [0.717, 1.165) is 4.90 Å². The quantitative estimate of drug-likeness (QED) is 0.482. The molecule has 2 atom stereocenters. The Morgan fingerprint density at radius 3 is 2.27 bits per heavy atom. The largest absolute Gasteiger partial charge is 0.468 e. The third-order valence-corrected chi connectivity index (χ3v) is 2.49. The zero-order valence-corrected chi connectivity index (χ0v) is 8.73. The molecule has 1 aliphatic heterocycles. The Bertz CT molecular complexity index is 286. The van der Waals surface area contributed by atoms with Crippen LogP contribution >= 0.6 is 0 Å². The fraction of sp³-hybridized carbons (Fsp3) is 0.667. The fourth-order valence-electron chi connectivity index (χ4n) is 1.54. The molecule has 1 fully saturated rings. The van der Waals surface area contributed by atoms with Crippen LogP contribution in [0.15, 0.2) is 0 Å². The van der Waals surface area contributed by atoms with Crippen LogP contribution in [0.1, 0.15) is 19.8 Å². The summed E-state index contributed by atoms with van der Waals surface area (Å²) < 4.78 is 4.45. The first-order chi connectivity index (χ1) is 6.99. The van der Waals surface area contributed by atoms with Gasteiger partial charge in [0.15, 0.2) is 0 Å². The highest BCUT2D eigenvalue weighted by Gasteiger charge is 2.37. The number of amides is 2. The third-order valence-electron chi connectivity index (χ3n) is 2.49. The van der Waals surface area contributed by atoms with Gasteiger partial charge in [-0.25, -0.2) is 0 Å². The van der Waals surface area contributed by atoms with Gasteiger partial charge in [-0.15, -0.1) is 0 Å². The van der Waals surface area contributed by atoms with Crippen molar-refractivity contribution in [2.45, 2.75) is 31.8 Å². The van der Waals surface area contributed by atoms with Gasteiger partial charge in [0.25, 0.3) is 0 Å². The zero-order chi connectivity index (χ0) is 11.6. The van der Waals surface area contributed by atoms with E-state index in [9.17, 15) is 14.4 Å². The van der Waals surface area contributed by atoms with E-state index < -0.39 is 18.1 Å². The second kappa shape index (κ2) is 4.39. The van der Waals surface area contributed by atoms with E-state index in [1.54, 1.807) is 6.92 Å². The smallest absolute Gasteiger partial charge is 0.324 e. The first-order valence-corrected chi connectivity index (χ1v) is 4.67. The van der Waals surface area contributed by atoms with E-state index in [1.807, 2.05) is 0 Å². The van der Waals surface area contributed by atoms with E-state index >= 15 is 0 Å². The van der Waals surface area contributed by atoms with Crippen molar-refractivity contribution in [3.05, 3.63) is 0 Å². The summed E-state index contributed by atoms with van der Waals surface area (Å²) in [6.07, 6.45) is 0.383. The summed E-state index contributed by atoms with van der Waals surface area (Å²) in [5.74, 6) is -1.20. The van der Waals surface area contributed by atoms with Gasteiger partial charge in [0.1, 0.15) is 6.04 Å². The molecule has 0 spiro atoms. The maximum absolute atomic E-state index is 11.3. The molecule has 1 rings (SSSR count). The van der Waals surface area contributed by atoms with E-state index in [-0.39, 0.29) is 24.7 Å². The van der Waals surface area contributed by atoms with Gasteiger partial charge in [0.2, 0.25) is 11.8 Å². The highest BCUT2D eigenvalue weighted by atomic mass is 16.5. The highest BCUT2D eigenvalue weighted by Crippen LogP contribution is 2.16. The van der Waals surface area contributed by atoms with Crippen molar-refractivity contribution in [1.82, 2.24) is 4.90 Å². The van der Waals surface area contributed by atoms with E-state index in [4.69, 9.17) is 5.73 Å². The summed E-state index contributed by atoms with van der Waals surface area (Å²) in [7, 11) is 1.21. The maximum Gasteiger partial charge on any atom is 0.324 e. The molecule has 0 radical (unpaired) electrons. The Labute approximate surface area is 87.4 Å². The zero-order valence-electron chi connectivity index (χ0n) is 8.73. The summed E-state index contributed by atoms with van der Waals surface area (Å²) >= 11 is 0. The molecule has 0 aromatic heterocycles. The summed E-state index contributed by atoms with van der Waals surface area (Å²) in [4.78, 5) is 34.8. The number of hydrogen-bond acceptors (Lipinski definition) is 5. The summed E-state index contributed by atoms with van der Waals surface area (Å²) in [6.45, 7) is 1.56. The van der Waals surface area contributed by atoms with Crippen molar-refractivity contribution in [2.75, 3.05) is 7.11 Å². The minimum Gasteiger partial charge on any atom is -0.468 e. The normalized spacial score (nSPS) is 20.3. The molecule has 2 N–H and O–H groups in total. The predicted molar refractivity (Wildman–Crippen MR) is 50.5 cm³/mol. The van der Waals surface area contributed by atoms with E-state index in [0.29, 0.717) is 0 Å². The lowest BCUT2D eigenvalue weighted by atomic mass is 10.1. The number of nitrogens with two attached hydrogens (primary N) is 1. The highest BCUT2D eigenvalue weighted by molar-refractivity contribution is 6.02. The number of carbonyl (C=O) groups excluding carboxylic acids is 3. The lowest BCUT2D eigenvalue weighted by molar-refractivity contribution is -0.147. The second-order valence-corrected chi connectivity index (χ2v) is 3.45. The minimum absolute atomic E-state index is 0.192. The van der Waals surface area contributed by atoms with Gasteiger partial charge in [0.05, 0.1) is 13.2 Å². The monoisotopic (exact) mass is 214 g/mol. The van der Waals surface area contributed by atoms with Crippen LogP contribution in [0.25, 0.3) is 0 Å². The molecule has 0 aliphatic carbocycles. The Balaban J connectivity index is 2.75. The van der Waals surface area contributed by atoms with Crippen molar-refractivity contribution in [3.8, 4) is 0 Å². The van der Waals surface area contributed by atoms with Gasteiger partial charge in [0, 0.05) is 12.8 Å². The first-order valence-electron chi connectivity index (χ1n) is 4.67. The standard InChI is InChI=1S/C9H14N2O4/c1-5(8(10)9(14)15-2)11-6(12)3-4-7(11)13/h5,8H,3-4,10H2,1-2H3/t5-,8+/m1/s1. The van der Waals surface area contributed by atoms with E-state index in [1.165, 1.54) is 7.11 Å². The molecule has 1 heterocycles. The molecular weight excluding hydrogens is 200 g/mol. The van der Waals surface area contributed by atoms with Crippen molar-refractivity contribution in [1.29, 1.82) is 0 Å². The lowest BCUT2D eigenvalue weighted by Crippen LogP contribution is -2.52. The lowest BCUT2D eigenvalue weighted by Gasteiger charge is -2.26. The summed E-state index contributed by atoms with van der Waals surface area (Å²) in [5, 5.41) is 0. The van der Waals surface area contributed by atoms with Crippen LogP contribution in [0.3, 0.4) is 0 Å². The van der Waals surface area contributed by atoms with Crippen LogP contribution < -0.4 is 5.73 Å². The molecule has 15 heavy (non-hydrogen) atoms. The molecule has 0 saturated carbocycles. The molecule has 6 nitrogen and oxygen atoms in total. The number of carbonyl (C=O) groups is 3. The molecule has 84 valence electrons. The van der Waals surface area contributed by atoms with Gasteiger partial charge in [-0.2, -0.15) is 0 Å². The van der Waals surface area contributed by atoms with Gasteiger partial charge in [-0.05, 0) is 6.92 Å². The Morgan fingerprint density at radius 2 is 1.87 bits per heavy atom. The van der Waals surface area contributed by atoms with Crippen LogP contribution in [0.2, 0.25) is 0 Å². The van der Waals surface area contributed by atoms with Crippen molar-refractivity contribution in [2.24, 2.45) is 5.73 Å². The molecular formula is C9H14N2O4. The van der Waals surface area contributed by atoms with Gasteiger partial charge < -0.3 is 10.5 Å². The number of rotatable bonds is 3. The molecule has 1 aliphatic rings. The average molecular weight is 214 g/mol. The number of ether oxygens (including phenoxy) is 1. The molecule has 6 heteroatoms. The number of methoxy groups -OCH3 is 1. The van der Waals surface area contributed by atoms with Crippen LogP contribution in [-0.4, -0.2) is 41.9 Å². The van der Waals surface area contributed by atoms with Gasteiger partial charge >= 0.3 is 5.97 Å². The van der Waals surface area contributed by atoms with Crippen molar-refractivity contribution < 1.29 is 19.1 Å². The van der Waals surface area contributed by atoms with Gasteiger partial charge in [-0.3, -0.25) is 19.3 Å². The molecule has 0 unspecified atom stereocenters. The van der Waals surface area contributed by atoms with Crippen molar-refractivity contribution >= 4 is 17.8 Å². The molecule has 0 aromatic rings. The number of esters is 1. The molecule has 0 aromatic carbocycles. The summed E-state index contributed by atoms with van der Waals surface area (Å²) in [6, 6.07) is -1.64. The molecule has 0 bridgehead atoms. The fourth-order valence-corrected chi connectivity index (χ4v) is 1.54. The van der Waals surface area contributed by atoms with Crippen LogP contribution in [0, 0.1) is 0 Å². The number of imide groups is 1. The maximum atomic E-state index is 11.3. The van der Waals surface area contributed by atoms with E-state index in [2.05, 4.69) is 4.74 Å². The third kappa shape index (κ3) is 2.15. The van der Waals surface area contributed by atoms with Gasteiger partial charge in [-0.1, -0.05) is 0 Å². The number of nitrogens with zero attached hydrogens (tertiary/aromatic N) is 1. The van der Waals surface area contributed by atoms with Crippen LogP contribution in [0.5, 0.6) is 0 Å². The molecule has 2 amide bonds. The minimum atomic E-state index is -0.985. The first kappa shape index (κ1) is 11.6. The Kier molecular flexibility index (Phi) is 3.41. The predicted octanol–water partition coefficient (Wildman–Crippen LogP) is -0.976.